The number of benzene rings is 1. The molecule has 0 heterocycles. The Bertz CT molecular complexity index is 1000. The van der Waals surface area contributed by atoms with E-state index in [1.54, 1.807) is 39.8 Å². The van der Waals surface area contributed by atoms with Crippen LogP contribution in [0.1, 0.15) is 46.3 Å². The van der Waals surface area contributed by atoms with Crippen LogP contribution in [0.4, 0.5) is 26.3 Å². The molecule has 1 aromatic carbocycles. The largest absolute Gasteiger partial charge is 0.511 e. The first-order valence-electron chi connectivity index (χ1n) is 11.2. The third-order valence-electron chi connectivity index (χ3n) is 5.87. The van der Waals surface area contributed by atoms with Gasteiger partial charge in [-0.2, -0.15) is 26.3 Å². The highest BCUT2D eigenvalue weighted by Gasteiger charge is 2.49. The molecule has 0 amide bonds. The Kier molecular flexibility index (Phi) is 11.4. The van der Waals surface area contributed by atoms with Gasteiger partial charge in [0.1, 0.15) is 0 Å². The van der Waals surface area contributed by atoms with Gasteiger partial charge in [0.15, 0.2) is 0 Å². The van der Waals surface area contributed by atoms with Crippen molar-refractivity contribution >= 4 is 20.0 Å². The maximum absolute atomic E-state index is 13.0. The smallest absolute Gasteiger partial charge is 0.387 e. The lowest BCUT2D eigenvalue weighted by Crippen LogP contribution is -2.57. The van der Waals surface area contributed by atoms with E-state index in [0.717, 1.165) is 0 Å². The van der Waals surface area contributed by atoms with Gasteiger partial charge in [-0.3, -0.25) is 4.90 Å². The van der Waals surface area contributed by atoms with Crippen LogP contribution in [-0.2, 0) is 20.0 Å². The maximum atomic E-state index is 13.0. The summed E-state index contributed by atoms with van der Waals surface area (Å²) in [5.74, 6) is -1.44. The number of hydrogen-bond donors (Lipinski definition) is 3. The highest BCUT2D eigenvalue weighted by molar-refractivity contribution is 7.90. The van der Waals surface area contributed by atoms with E-state index in [4.69, 9.17) is 0 Å². The van der Waals surface area contributed by atoms with Gasteiger partial charge >= 0.3 is 31.1 Å². The molecular weight excluding hydrogens is 552 g/mol. The summed E-state index contributed by atoms with van der Waals surface area (Å²) in [5.41, 5.74) is -10.8. The molecule has 0 saturated carbocycles. The highest BCUT2D eigenvalue weighted by atomic mass is 32.2. The van der Waals surface area contributed by atoms with Crippen molar-refractivity contribution < 1.29 is 48.3 Å². The number of aliphatic hydroxyl groups is 1. The van der Waals surface area contributed by atoms with Crippen molar-refractivity contribution in [2.75, 3.05) is 13.1 Å². The maximum Gasteiger partial charge on any atom is 0.511 e. The van der Waals surface area contributed by atoms with Crippen LogP contribution in [0.15, 0.2) is 30.3 Å². The summed E-state index contributed by atoms with van der Waals surface area (Å²) in [5, 5.41) is 10.9. The molecule has 0 unspecified atom stereocenters. The Balaban J connectivity index is 3.44. The van der Waals surface area contributed by atoms with E-state index in [9.17, 15) is 48.3 Å². The van der Waals surface area contributed by atoms with Crippen molar-refractivity contribution in [2.24, 2.45) is 11.8 Å². The molecule has 4 atom stereocenters. The van der Waals surface area contributed by atoms with Crippen molar-refractivity contribution in [3.8, 4) is 0 Å². The molecule has 1 rings (SSSR count). The predicted octanol–water partition coefficient (Wildman–Crippen LogP) is 3.34. The molecule has 0 aliphatic carbocycles. The van der Waals surface area contributed by atoms with Crippen molar-refractivity contribution in [3.05, 3.63) is 35.9 Å². The number of nitrogens with one attached hydrogen (secondary N) is 2. The standard InChI is InChI=1S/C21H33F6N3O5S2/c1-13(2)17(28-36(32,33)20(22,23)24)11-30(15(5)19(31)16-9-7-6-8-10-16)12-18(14(3)4)29-37(34,35)21(25,26)27/h6-10,13-15,17-19,28-29,31H,11-12H2,1-5H3/t15-,17+,18+,19-/m0/s1. The normalized spacial score (nSPS) is 17.3. The number of halogens is 6. The van der Waals surface area contributed by atoms with Crippen LogP contribution in [0, 0.1) is 11.8 Å². The van der Waals surface area contributed by atoms with Crippen molar-refractivity contribution in [2.45, 2.75) is 69.9 Å². The van der Waals surface area contributed by atoms with Gasteiger partial charge in [0.25, 0.3) is 0 Å². The van der Waals surface area contributed by atoms with Crippen molar-refractivity contribution in [3.63, 3.8) is 0 Å². The summed E-state index contributed by atoms with van der Waals surface area (Å²) in [4.78, 5) is 1.27. The molecule has 0 radical (unpaired) electrons. The lowest BCUT2D eigenvalue weighted by molar-refractivity contribution is -0.0457. The van der Waals surface area contributed by atoms with E-state index in [-0.39, 0.29) is 0 Å². The van der Waals surface area contributed by atoms with Crippen LogP contribution in [0.3, 0.4) is 0 Å². The zero-order valence-corrected chi connectivity index (χ0v) is 22.5. The second-order valence-corrected chi connectivity index (χ2v) is 12.8. The monoisotopic (exact) mass is 585 g/mol. The van der Waals surface area contributed by atoms with Crippen LogP contribution in [0.25, 0.3) is 0 Å². The number of hydrogen-bond acceptors (Lipinski definition) is 6. The quantitative estimate of drug-likeness (QED) is 0.306. The number of aliphatic hydroxyl groups excluding tert-OH is 1. The number of alkyl halides is 6. The molecule has 0 saturated heterocycles. The predicted molar refractivity (Wildman–Crippen MR) is 126 cm³/mol. The van der Waals surface area contributed by atoms with Crippen molar-refractivity contribution in [1.29, 1.82) is 0 Å². The average molecular weight is 586 g/mol. The minimum Gasteiger partial charge on any atom is -0.387 e. The summed E-state index contributed by atoms with van der Waals surface area (Å²) in [6.07, 6.45) is -1.29. The lowest BCUT2D eigenvalue weighted by atomic mass is 9.97. The van der Waals surface area contributed by atoms with Crippen LogP contribution in [-0.4, -0.2) is 69.1 Å². The summed E-state index contributed by atoms with van der Waals surface area (Å²) in [6.45, 7) is 6.24. The molecule has 1 aromatic rings. The fourth-order valence-electron chi connectivity index (χ4n) is 3.34. The minimum atomic E-state index is -5.78. The van der Waals surface area contributed by atoms with Crippen LogP contribution in [0.5, 0.6) is 0 Å². The lowest BCUT2D eigenvalue weighted by Gasteiger charge is -2.39. The molecule has 0 aliphatic rings. The van der Waals surface area contributed by atoms with Crippen LogP contribution < -0.4 is 9.44 Å². The zero-order valence-electron chi connectivity index (χ0n) is 20.9. The number of rotatable bonds is 13. The average Bonchev–Trinajstić information content (AvgIpc) is 2.74. The number of sulfonamides is 2. The zero-order chi connectivity index (χ0) is 29.0. The van der Waals surface area contributed by atoms with E-state index >= 15 is 0 Å². The van der Waals surface area contributed by atoms with E-state index in [2.05, 4.69) is 0 Å². The van der Waals surface area contributed by atoms with Crippen LogP contribution in [0.2, 0.25) is 0 Å². The van der Waals surface area contributed by atoms with E-state index in [1.807, 2.05) is 0 Å². The third-order valence-corrected chi connectivity index (χ3v) is 8.31. The first-order chi connectivity index (χ1) is 16.6. The Morgan fingerprint density at radius 1 is 0.757 bits per heavy atom. The van der Waals surface area contributed by atoms with Gasteiger partial charge in [-0.05, 0) is 24.3 Å². The fourth-order valence-corrected chi connectivity index (χ4v) is 5.10. The van der Waals surface area contributed by atoms with Gasteiger partial charge in [0.05, 0.1) is 6.10 Å². The molecule has 0 aromatic heterocycles. The Morgan fingerprint density at radius 2 is 1.11 bits per heavy atom. The Labute approximate surface area is 213 Å². The third kappa shape index (κ3) is 9.35. The molecule has 3 N–H and O–H groups in total. The van der Waals surface area contributed by atoms with E-state index in [1.165, 1.54) is 39.5 Å². The van der Waals surface area contributed by atoms with E-state index < -0.39 is 80.2 Å². The molecule has 0 aliphatic heterocycles. The van der Waals surface area contributed by atoms with E-state index in [0.29, 0.717) is 5.56 Å². The molecule has 8 nitrogen and oxygen atoms in total. The summed E-state index contributed by atoms with van der Waals surface area (Å²) in [7, 11) is -11.6. The summed E-state index contributed by atoms with van der Waals surface area (Å²) in [6, 6.07) is 4.25. The second-order valence-electron chi connectivity index (χ2n) is 9.39. The first kappa shape index (κ1) is 33.6. The summed E-state index contributed by atoms with van der Waals surface area (Å²) >= 11 is 0. The van der Waals surface area contributed by atoms with Gasteiger partial charge in [-0.1, -0.05) is 58.0 Å². The van der Waals surface area contributed by atoms with Gasteiger partial charge in [0, 0.05) is 31.2 Å². The van der Waals surface area contributed by atoms with Crippen molar-refractivity contribution in [1.82, 2.24) is 14.3 Å². The molecule has 0 fully saturated rings. The molecular formula is C21H33F6N3O5S2. The number of nitrogens with zero attached hydrogens (tertiary/aromatic N) is 1. The molecule has 216 valence electrons. The molecule has 16 heteroatoms. The minimum absolute atomic E-state index is 0.383. The Morgan fingerprint density at radius 3 is 1.41 bits per heavy atom. The summed E-state index contributed by atoms with van der Waals surface area (Å²) < 4.78 is 128. The highest BCUT2D eigenvalue weighted by Crippen LogP contribution is 2.27. The van der Waals surface area contributed by atoms with Gasteiger partial charge in [-0.25, -0.2) is 26.3 Å². The van der Waals surface area contributed by atoms with Gasteiger partial charge in [-0.15, -0.1) is 0 Å². The van der Waals surface area contributed by atoms with Gasteiger partial charge < -0.3 is 5.11 Å². The fraction of sp³-hybridized carbons (Fsp3) is 0.714. The van der Waals surface area contributed by atoms with Gasteiger partial charge in [0.2, 0.25) is 0 Å². The molecule has 37 heavy (non-hydrogen) atoms. The topological polar surface area (TPSA) is 116 Å². The second kappa shape index (κ2) is 12.6. The SMILES string of the molecule is CC(C)[C@@H](CN(C[C@@H](NS(=O)(=O)C(F)(F)F)C(C)C)[C@@H](C)[C@H](O)c1ccccc1)NS(=O)(=O)C(F)(F)F. The van der Waals surface area contributed by atoms with Crippen LogP contribution >= 0.6 is 0 Å². The Hall–Kier alpha value is -1.46. The molecule has 0 spiro atoms. The first-order valence-corrected chi connectivity index (χ1v) is 14.2. The molecule has 0 bridgehead atoms.